The summed E-state index contributed by atoms with van der Waals surface area (Å²) >= 11 is 0. The molecule has 1 amide bonds. The molecule has 1 aromatic carbocycles. The molecule has 0 unspecified atom stereocenters. The van der Waals surface area contributed by atoms with Crippen molar-refractivity contribution in [2.24, 2.45) is 5.92 Å². The van der Waals surface area contributed by atoms with E-state index in [-0.39, 0.29) is 12.2 Å². The molecule has 0 aliphatic carbocycles. The van der Waals surface area contributed by atoms with Crippen LogP contribution in [0.3, 0.4) is 0 Å². The Morgan fingerprint density at radius 2 is 1.87 bits per heavy atom. The fourth-order valence-corrected chi connectivity index (χ4v) is 5.26. The highest BCUT2D eigenvalue weighted by Gasteiger charge is 2.24. The molecule has 6 nitrogen and oxygen atoms in total. The van der Waals surface area contributed by atoms with Crippen molar-refractivity contribution in [2.75, 3.05) is 25.9 Å². The molecule has 3 rings (SSSR count). The summed E-state index contributed by atoms with van der Waals surface area (Å²) < 4.78 is 30.4. The number of benzene rings is 1. The fraction of sp³-hybridized carbons (Fsp3) is 0.696. The zero-order chi connectivity index (χ0) is 21.7. The van der Waals surface area contributed by atoms with Gasteiger partial charge in [0.15, 0.2) is 0 Å². The van der Waals surface area contributed by atoms with E-state index in [1.54, 1.807) is 4.31 Å². The summed E-state index contributed by atoms with van der Waals surface area (Å²) in [5.41, 5.74) is 3.79. The van der Waals surface area contributed by atoms with Gasteiger partial charge in [0.2, 0.25) is 10.0 Å². The van der Waals surface area contributed by atoms with Crippen LogP contribution in [0.25, 0.3) is 0 Å². The smallest absolute Gasteiger partial charge is 0.410 e. The summed E-state index contributed by atoms with van der Waals surface area (Å²) in [7, 11) is -3.12. The first kappa shape index (κ1) is 23.1. The van der Waals surface area contributed by atoms with Crippen molar-refractivity contribution >= 4 is 16.1 Å². The molecule has 0 radical (unpaired) electrons. The molecule has 0 spiro atoms. The van der Waals surface area contributed by atoms with Gasteiger partial charge in [0.1, 0.15) is 0 Å². The van der Waals surface area contributed by atoms with Crippen molar-refractivity contribution < 1.29 is 17.9 Å². The highest BCUT2D eigenvalue weighted by atomic mass is 32.2. The number of carbonyl (C=O) groups is 1. The molecule has 2 aliphatic rings. The lowest BCUT2D eigenvalue weighted by atomic mass is 9.90. The van der Waals surface area contributed by atoms with Gasteiger partial charge in [-0.05, 0) is 68.6 Å². The van der Waals surface area contributed by atoms with Gasteiger partial charge in [-0.2, -0.15) is 4.31 Å². The molecule has 0 saturated carbocycles. The monoisotopic (exact) mass is 436 g/mol. The van der Waals surface area contributed by atoms with Crippen LogP contribution >= 0.6 is 0 Å². The van der Waals surface area contributed by atoms with Crippen LogP contribution in [0.5, 0.6) is 0 Å². The Balaban J connectivity index is 1.37. The van der Waals surface area contributed by atoms with Crippen molar-refractivity contribution in [3.8, 4) is 0 Å². The Morgan fingerprint density at radius 3 is 2.53 bits per heavy atom. The predicted molar refractivity (Wildman–Crippen MR) is 119 cm³/mol. The maximum absolute atomic E-state index is 12.0. The fourth-order valence-electron chi connectivity index (χ4n) is 4.46. The molecule has 2 aliphatic heterocycles. The van der Waals surface area contributed by atoms with Gasteiger partial charge in [-0.3, -0.25) is 0 Å². The van der Waals surface area contributed by atoms with E-state index in [9.17, 15) is 13.2 Å². The van der Waals surface area contributed by atoms with Crippen LogP contribution in [0.4, 0.5) is 4.79 Å². The van der Waals surface area contributed by atoms with E-state index in [0.717, 1.165) is 44.3 Å². The first-order valence-corrected chi connectivity index (χ1v) is 13.1. The number of amides is 1. The first-order valence-electron chi connectivity index (χ1n) is 11.2. The number of unbranched alkanes of at least 4 members (excludes halogenated alkanes) is 1. The lowest BCUT2D eigenvalue weighted by Crippen LogP contribution is -2.39. The average Bonchev–Trinajstić information content (AvgIpc) is 2.70. The summed E-state index contributed by atoms with van der Waals surface area (Å²) in [4.78, 5) is 13.8. The standard InChI is InChI=1S/C23H36N2O4S/c1-18(2)29-23(26)24-13-10-19(11-14-24)6-4-5-7-20-8-9-22-17-25(30(3,27)28)15-12-21(22)16-20/h8-9,16,18-19H,4-7,10-15,17H2,1-3H3. The number of fused-ring (bicyclic) bond motifs is 1. The van der Waals surface area contributed by atoms with Crippen molar-refractivity contribution in [3.63, 3.8) is 0 Å². The van der Waals surface area contributed by atoms with Gasteiger partial charge < -0.3 is 9.64 Å². The maximum Gasteiger partial charge on any atom is 0.410 e. The Bertz CT molecular complexity index is 830. The third kappa shape index (κ3) is 6.45. The van der Waals surface area contributed by atoms with E-state index in [0.29, 0.717) is 19.0 Å². The summed E-state index contributed by atoms with van der Waals surface area (Å²) in [5, 5.41) is 0. The van der Waals surface area contributed by atoms with Crippen LogP contribution in [0.2, 0.25) is 0 Å². The van der Waals surface area contributed by atoms with Gasteiger partial charge in [-0.25, -0.2) is 13.2 Å². The van der Waals surface area contributed by atoms with Crippen LogP contribution in [-0.2, 0) is 34.1 Å². The number of hydrogen-bond acceptors (Lipinski definition) is 4. The number of hydrogen-bond donors (Lipinski definition) is 0. The zero-order valence-corrected chi connectivity index (χ0v) is 19.4. The van der Waals surface area contributed by atoms with Gasteiger partial charge in [-0.1, -0.05) is 31.0 Å². The predicted octanol–water partition coefficient (Wildman–Crippen LogP) is 3.97. The van der Waals surface area contributed by atoms with E-state index in [2.05, 4.69) is 18.2 Å². The first-order chi connectivity index (χ1) is 14.2. The van der Waals surface area contributed by atoms with E-state index in [1.807, 2.05) is 18.7 Å². The van der Waals surface area contributed by atoms with Gasteiger partial charge in [0.25, 0.3) is 0 Å². The van der Waals surface area contributed by atoms with Crippen molar-refractivity contribution in [1.82, 2.24) is 9.21 Å². The molecule has 1 aromatic rings. The van der Waals surface area contributed by atoms with Crippen LogP contribution in [0, 0.1) is 5.92 Å². The number of piperidine rings is 1. The number of carbonyl (C=O) groups excluding carboxylic acids is 1. The maximum atomic E-state index is 12.0. The van der Waals surface area contributed by atoms with Gasteiger partial charge in [0.05, 0.1) is 12.4 Å². The van der Waals surface area contributed by atoms with Gasteiger partial charge in [-0.15, -0.1) is 0 Å². The SMILES string of the molecule is CC(C)OC(=O)N1CCC(CCCCc2ccc3c(c2)CCN(S(C)(=O)=O)C3)CC1. The molecule has 30 heavy (non-hydrogen) atoms. The molecule has 1 fully saturated rings. The minimum Gasteiger partial charge on any atom is -0.447 e. The summed E-state index contributed by atoms with van der Waals surface area (Å²) in [5.74, 6) is 0.707. The van der Waals surface area contributed by atoms with Crippen LogP contribution in [0.15, 0.2) is 18.2 Å². The molecule has 0 N–H and O–H groups in total. The zero-order valence-electron chi connectivity index (χ0n) is 18.6. The highest BCUT2D eigenvalue weighted by molar-refractivity contribution is 7.88. The largest absolute Gasteiger partial charge is 0.447 e. The summed E-state index contributed by atoms with van der Waals surface area (Å²) in [6, 6.07) is 6.53. The second-order valence-corrected chi connectivity index (χ2v) is 11.0. The lowest BCUT2D eigenvalue weighted by molar-refractivity contribution is 0.0646. The number of aryl methyl sites for hydroxylation is 1. The minimum absolute atomic E-state index is 0.0579. The van der Waals surface area contributed by atoms with E-state index < -0.39 is 10.0 Å². The van der Waals surface area contributed by atoms with Gasteiger partial charge >= 0.3 is 6.09 Å². The molecule has 2 heterocycles. The third-order valence-corrected chi connectivity index (χ3v) is 7.50. The van der Waals surface area contributed by atoms with Gasteiger partial charge in [0, 0.05) is 26.2 Å². The van der Waals surface area contributed by atoms with Crippen molar-refractivity contribution in [1.29, 1.82) is 0 Å². The van der Waals surface area contributed by atoms with Crippen LogP contribution < -0.4 is 0 Å². The number of rotatable bonds is 7. The number of nitrogens with zero attached hydrogens (tertiary/aromatic N) is 2. The Kier molecular flexibility index (Phi) is 7.80. The molecule has 0 aromatic heterocycles. The quantitative estimate of drug-likeness (QED) is 0.607. The lowest BCUT2D eigenvalue weighted by Gasteiger charge is -2.31. The Morgan fingerprint density at radius 1 is 1.13 bits per heavy atom. The minimum atomic E-state index is -3.12. The van der Waals surface area contributed by atoms with Crippen LogP contribution in [0.1, 0.15) is 62.6 Å². The number of likely N-dealkylation sites (tertiary alicyclic amines) is 1. The molecule has 0 bridgehead atoms. The second kappa shape index (κ2) is 10.1. The third-order valence-electron chi connectivity index (χ3n) is 6.25. The molecular formula is C23H36N2O4S. The second-order valence-electron chi connectivity index (χ2n) is 9.06. The van der Waals surface area contributed by atoms with Crippen molar-refractivity contribution in [2.45, 2.75) is 71.4 Å². The molecule has 168 valence electrons. The van der Waals surface area contributed by atoms with Crippen LogP contribution in [-0.4, -0.2) is 55.7 Å². The van der Waals surface area contributed by atoms with E-state index in [1.165, 1.54) is 36.6 Å². The number of sulfonamides is 1. The summed E-state index contributed by atoms with van der Waals surface area (Å²) in [6.07, 6.45) is 8.68. The Hall–Kier alpha value is -1.60. The number of ether oxygens (including phenoxy) is 1. The molecule has 1 saturated heterocycles. The topological polar surface area (TPSA) is 66.9 Å². The van der Waals surface area contributed by atoms with E-state index in [4.69, 9.17) is 4.74 Å². The molecular weight excluding hydrogens is 400 g/mol. The molecule has 0 atom stereocenters. The van der Waals surface area contributed by atoms with Crippen molar-refractivity contribution in [3.05, 3.63) is 34.9 Å². The summed E-state index contributed by atoms with van der Waals surface area (Å²) in [6.45, 7) is 6.47. The van der Waals surface area contributed by atoms with E-state index >= 15 is 0 Å². The normalized spacial score (nSPS) is 18.5. The Labute approximate surface area is 181 Å². The highest BCUT2D eigenvalue weighted by Crippen LogP contribution is 2.25. The molecule has 7 heteroatoms. The average molecular weight is 437 g/mol.